The third-order valence-electron chi connectivity index (χ3n) is 2.35. The molecule has 0 aromatic heterocycles. The number of carbonyl (C=O) groups excluding carboxylic acids is 3. The number of carboxylic acids is 1. The maximum absolute atomic E-state index is 11.8. The quantitative estimate of drug-likeness (QED) is 0.540. The van der Waals surface area contributed by atoms with Gasteiger partial charge in [0.05, 0.1) is 0 Å². The predicted molar refractivity (Wildman–Crippen MR) is 77.6 cm³/mol. The van der Waals surface area contributed by atoms with E-state index < -0.39 is 47.9 Å². The maximum atomic E-state index is 11.8. The summed E-state index contributed by atoms with van der Waals surface area (Å²) in [5, 5.41) is 10.9. The van der Waals surface area contributed by atoms with Crippen LogP contribution in [0.4, 0.5) is 4.79 Å². The lowest BCUT2D eigenvalue weighted by molar-refractivity contribution is -0.175. The largest absolute Gasteiger partial charge is 0.479 e. The number of ether oxygens (including phenoxy) is 3. The average Bonchev–Trinajstić information content (AvgIpc) is 2.35. The highest BCUT2D eigenvalue weighted by atomic mass is 16.6. The Balaban J connectivity index is 4.43. The Kier molecular flexibility index (Phi) is 7.51. The van der Waals surface area contributed by atoms with Gasteiger partial charge >= 0.3 is 24.0 Å². The number of rotatable bonds is 6. The molecule has 0 aromatic rings. The van der Waals surface area contributed by atoms with E-state index in [-0.39, 0.29) is 0 Å². The highest BCUT2D eigenvalue weighted by Crippen LogP contribution is 2.07. The molecule has 3 atom stereocenters. The lowest BCUT2D eigenvalue weighted by Crippen LogP contribution is -2.44. The van der Waals surface area contributed by atoms with Crippen molar-refractivity contribution >= 4 is 24.0 Å². The van der Waals surface area contributed by atoms with E-state index >= 15 is 0 Å². The number of esters is 2. The summed E-state index contributed by atoms with van der Waals surface area (Å²) in [7, 11) is 0. The molecular weight excluding hydrogens is 310 g/mol. The van der Waals surface area contributed by atoms with Crippen LogP contribution >= 0.6 is 0 Å². The molecule has 0 rings (SSSR count). The summed E-state index contributed by atoms with van der Waals surface area (Å²) in [6, 6.07) is -1.06. The Hall–Kier alpha value is -2.32. The van der Waals surface area contributed by atoms with Crippen LogP contribution in [0.2, 0.25) is 0 Å². The number of amides is 1. The van der Waals surface area contributed by atoms with Crippen molar-refractivity contribution in [3.05, 3.63) is 0 Å². The van der Waals surface area contributed by atoms with Crippen LogP contribution in [-0.2, 0) is 28.6 Å². The van der Waals surface area contributed by atoms with Gasteiger partial charge in [0.2, 0.25) is 0 Å². The normalized spacial score (nSPS) is 14.9. The fourth-order valence-corrected chi connectivity index (χ4v) is 1.19. The Bertz CT molecular complexity index is 468. The molecule has 9 heteroatoms. The first-order valence-electron chi connectivity index (χ1n) is 6.96. The van der Waals surface area contributed by atoms with Gasteiger partial charge in [-0.2, -0.15) is 0 Å². The van der Waals surface area contributed by atoms with Crippen molar-refractivity contribution < 1.29 is 38.5 Å². The molecule has 2 N–H and O–H groups in total. The van der Waals surface area contributed by atoms with Gasteiger partial charge < -0.3 is 24.6 Å². The van der Waals surface area contributed by atoms with Gasteiger partial charge in [-0.3, -0.25) is 0 Å². The summed E-state index contributed by atoms with van der Waals surface area (Å²) in [5.74, 6) is -3.21. The van der Waals surface area contributed by atoms with Crippen molar-refractivity contribution in [2.45, 2.75) is 65.4 Å². The maximum Gasteiger partial charge on any atom is 0.408 e. The van der Waals surface area contributed by atoms with Gasteiger partial charge in [-0.25, -0.2) is 19.2 Å². The first-order chi connectivity index (χ1) is 10.3. The molecule has 0 saturated heterocycles. The standard InChI is InChI=1S/C14H23NO8/c1-7(15-13(20)23-14(4,5)6)11(18)22-9(3)12(19)21-8(2)10(16)17/h7-9H,1-6H3,(H,15,20)(H,16,17)/t7-,8-,9-/m0/s1. The molecule has 0 radical (unpaired) electrons. The number of hydrogen-bond donors (Lipinski definition) is 2. The average molecular weight is 333 g/mol. The van der Waals surface area contributed by atoms with E-state index in [1.54, 1.807) is 20.8 Å². The number of aliphatic carboxylic acids is 1. The first-order valence-corrected chi connectivity index (χ1v) is 6.96. The van der Waals surface area contributed by atoms with Gasteiger partial charge in [0.25, 0.3) is 0 Å². The highest BCUT2D eigenvalue weighted by molar-refractivity contribution is 5.85. The molecule has 23 heavy (non-hydrogen) atoms. The molecule has 0 spiro atoms. The number of carbonyl (C=O) groups is 4. The zero-order chi connectivity index (χ0) is 18.4. The number of hydrogen-bond acceptors (Lipinski definition) is 7. The second kappa shape index (κ2) is 8.35. The third-order valence-corrected chi connectivity index (χ3v) is 2.35. The van der Waals surface area contributed by atoms with E-state index in [2.05, 4.69) is 10.1 Å². The number of nitrogens with one attached hydrogen (secondary N) is 1. The van der Waals surface area contributed by atoms with E-state index in [0.29, 0.717) is 0 Å². The topological polar surface area (TPSA) is 128 Å². The van der Waals surface area contributed by atoms with Crippen LogP contribution in [0, 0.1) is 0 Å². The second-order valence-corrected chi connectivity index (χ2v) is 5.86. The van der Waals surface area contributed by atoms with Crippen molar-refractivity contribution in [1.82, 2.24) is 5.32 Å². The molecule has 0 saturated carbocycles. The fraction of sp³-hybridized carbons (Fsp3) is 0.714. The van der Waals surface area contributed by atoms with Crippen molar-refractivity contribution in [2.24, 2.45) is 0 Å². The molecule has 0 aliphatic carbocycles. The molecule has 0 aliphatic rings. The molecule has 9 nitrogen and oxygen atoms in total. The van der Waals surface area contributed by atoms with Crippen LogP contribution in [-0.4, -0.2) is 53.0 Å². The Morgan fingerprint density at radius 1 is 0.913 bits per heavy atom. The van der Waals surface area contributed by atoms with Crippen molar-refractivity contribution in [3.8, 4) is 0 Å². The van der Waals surface area contributed by atoms with E-state index in [1.807, 2.05) is 0 Å². The smallest absolute Gasteiger partial charge is 0.408 e. The summed E-state index contributed by atoms with van der Waals surface area (Å²) in [6.45, 7) is 8.74. The minimum absolute atomic E-state index is 0.724. The summed E-state index contributed by atoms with van der Waals surface area (Å²) < 4.78 is 14.4. The van der Waals surface area contributed by atoms with E-state index in [9.17, 15) is 19.2 Å². The summed E-state index contributed by atoms with van der Waals surface area (Å²) in [6.07, 6.45) is -3.48. The van der Waals surface area contributed by atoms with Gasteiger partial charge in [-0.05, 0) is 41.5 Å². The highest BCUT2D eigenvalue weighted by Gasteiger charge is 2.27. The predicted octanol–water partition coefficient (Wildman–Crippen LogP) is 0.848. The SMILES string of the molecule is C[C@H](NC(=O)OC(C)(C)C)C(=O)O[C@@H](C)C(=O)O[C@@H](C)C(=O)O. The van der Waals surface area contributed by atoms with Gasteiger partial charge in [0.15, 0.2) is 12.2 Å². The number of alkyl carbamates (subject to hydrolysis) is 1. The molecule has 0 fully saturated rings. The second-order valence-electron chi connectivity index (χ2n) is 5.86. The van der Waals surface area contributed by atoms with Crippen LogP contribution in [0.15, 0.2) is 0 Å². The summed E-state index contributed by atoms with van der Waals surface area (Å²) in [5.41, 5.74) is -0.724. The number of carboxylic acid groups (broad SMARTS) is 1. The van der Waals surface area contributed by atoms with Crippen LogP contribution in [0.1, 0.15) is 41.5 Å². The Morgan fingerprint density at radius 2 is 1.39 bits per heavy atom. The lowest BCUT2D eigenvalue weighted by atomic mass is 10.2. The molecule has 0 bridgehead atoms. The molecule has 1 amide bonds. The van der Waals surface area contributed by atoms with Gasteiger partial charge in [0.1, 0.15) is 11.6 Å². The molecule has 0 aromatic carbocycles. The monoisotopic (exact) mass is 333 g/mol. The van der Waals surface area contributed by atoms with Crippen LogP contribution in [0.5, 0.6) is 0 Å². The van der Waals surface area contributed by atoms with Crippen LogP contribution < -0.4 is 5.32 Å². The van der Waals surface area contributed by atoms with E-state index in [4.69, 9.17) is 14.6 Å². The van der Waals surface area contributed by atoms with Crippen molar-refractivity contribution in [2.75, 3.05) is 0 Å². The first kappa shape index (κ1) is 20.7. The minimum atomic E-state index is -1.36. The van der Waals surface area contributed by atoms with Gasteiger partial charge in [-0.15, -0.1) is 0 Å². The molecule has 132 valence electrons. The Labute approximate surface area is 134 Å². The molecule has 0 aliphatic heterocycles. The molecular formula is C14H23NO8. The van der Waals surface area contributed by atoms with Crippen LogP contribution in [0.25, 0.3) is 0 Å². The van der Waals surface area contributed by atoms with Crippen LogP contribution in [0.3, 0.4) is 0 Å². The summed E-state index contributed by atoms with van der Waals surface area (Å²) >= 11 is 0. The fourth-order valence-electron chi connectivity index (χ4n) is 1.19. The van der Waals surface area contributed by atoms with E-state index in [0.717, 1.165) is 0 Å². The van der Waals surface area contributed by atoms with E-state index in [1.165, 1.54) is 20.8 Å². The van der Waals surface area contributed by atoms with Crippen molar-refractivity contribution in [1.29, 1.82) is 0 Å². The van der Waals surface area contributed by atoms with Gasteiger partial charge in [-0.1, -0.05) is 0 Å². The minimum Gasteiger partial charge on any atom is -0.479 e. The summed E-state index contributed by atoms with van der Waals surface area (Å²) in [4.78, 5) is 45.4. The third kappa shape index (κ3) is 8.64. The molecule has 0 unspecified atom stereocenters. The zero-order valence-corrected chi connectivity index (χ0v) is 14.0. The molecule has 0 heterocycles. The Morgan fingerprint density at radius 3 is 1.83 bits per heavy atom. The van der Waals surface area contributed by atoms with Gasteiger partial charge in [0, 0.05) is 0 Å². The zero-order valence-electron chi connectivity index (χ0n) is 14.0. The lowest BCUT2D eigenvalue weighted by Gasteiger charge is -2.22. The van der Waals surface area contributed by atoms with Crippen molar-refractivity contribution in [3.63, 3.8) is 0 Å².